The van der Waals surface area contributed by atoms with Gasteiger partial charge in [0.2, 0.25) is 0 Å². The van der Waals surface area contributed by atoms with Crippen LogP contribution in [0, 0.1) is 5.92 Å². The number of likely N-dealkylation sites (tertiary alicyclic amines) is 1. The highest BCUT2D eigenvalue weighted by atomic mass is 127. The molecule has 2 N–H and O–H groups in total. The third kappa shape index (κ3) is 11.2. The Kier molecular flexibility index (Phi) is 15.5. The smallest absolute Gasteiger partial charge is 0.191 e. The second-order valence-electron chi connectivity index (χ2n) is 6.49. The number of rotatable bonds is 10. The van der Waals surface area contributed by atoms with Crippen molar-refractivity contribution in [3.8, 4) is 0 Å². The van der Waals surface area contributed by atoms with Gasteiger partial charge in [-0.1, -0.05) is 33.1 Å². The molecule has 0 aliphatic carbocycles. The van der Waals surface area contributed by atoms with Crippen LogP contribution in [0.25, 0.3) is 0 Å². The van der Waals surface area contributed by atoms with Crippen LogP contribution >= 0.6 is 24.0 Å². The van der Waals surface area contributed by atoms with Crippen LogP contribution in [-0.4, -0.2) is 50.1 Å². The maximum Gasteiger partial charge on any atom is 0.191 e. The summed E-state index contributed by atoms with van der Waals surface area (Å²) in [4.78, 5) is 7.40. The van der Waals surface area contributed by atoms with Crippen molar-refractivity contribution < 1.29 is 0 Å². The van der Waals surface area contributed by atoms with Crippen molar-refractivity contribution in [1.29, 1.82) is 0 Å². The van der Waals surface area contributed by atoms with Crippen molar-refractivity contribution in [3.05, 3.63) is 0 Å². The highest BCUT2D eigenvalue weighted by molar-refractivity contribution is 14.0. The average molecular weight is 438 g/mol. The molecule has 0 aromatic heterocycles. The van der Waals surface area contributed by atoms with E-state index in [1.54, 1.807) is 0 Å². The molecule has 1 aliphatic rings. The molecule has 138 valence electrons. The van der Waals surface area contributed by atoms with Crippen molar-refractivity contribution in [2.45, 2.75) is 65.7 Å². The Morgan fingerprint density at radius 3 is 2.35 bits per heavy atom. The summed E-state index contributed by atoms with van der Waals surface area (Å²) in [6.07, 6.45) is 9.08. The minimum Gasteiger partial charge on any atom is -0.357 e. The molecule has 0 spiro atoms. The van der Waals surface area contributed by atoms with Crippen LogP contribution < -0.4 is 10.6 Å². The lowest BCUT2D eigenvalue weighted by molar-refractivity contribution is 0.188. The lowest BCUT2D eigenvalue weighted by Gasteiger charge is -2.31. The molecular weight excluding hydrogens is 399 g/mol. The summed E-state index contributed by atoms with van der Waals surface area (Å²) in [6.45, 7) is 13.4. The summed E-state index contributed by atoms with van der Waals surface area (Å²) in [6, 6.07) is 0. The van der Waals surface area contributed by atoms with Crippen molar-refractivity contribution in [1.82, 2.24) is 15.5 Å². The monoisotopic (exact) mass is 438 g/mol. The summed E-state index contributed by atoms with van der Waals surface area (Å²) in [5.74, 6) is 1.78. The number of aliphatic imine (C=N–C) groups is 1. The van der Waals surface area contributed by atoms with E-state index in [1.165, 1.54) is 64.6 Å². The molecule has 1 fully saturated rings. The minimum atomic E-state index is 0. The third-order valence-corrected chi connectivity index (χ3v) is 4.42. The molecular formula is C18H39IN4. The van der Waals surface area contributed by atoms with Gasteiger partial charge in [-0.2, -0.15) is 0 Å². The van der Waals surface area contributed by atoms with Gasteiger partial charge in [0.05, 0.1) is 0 Å². The topological polar surface area (TPSA) is 39.7 Å². The van der Waals surface area contributed by atoms with E-state index in [0.717, 1.165) is 31.5 Å². The Hall–Kier alpha value is -0.0400. The number of guanidine groups is 1. The Bertz CT molecular complexity index is 289. The van der Waals surface area contributed by atoms with Crippen molar-refractivity contribution in [3.63, 3.8) is 0 Å². The van der Waals surface area contributed by atoms with Gasteiger partial charge in [-0.15, -0.1) is 24.0 Å². The maximum atomic E-state index is 4.80. The molecule has 4 nitrogen and oxygen atoms in total. The Balaban J connectivity index is 0.00000484. The van der Waals surface area contributed by atoms with Gasteiger partial charge in [0.25, 0.3) is 0 Å². The first-order valence-electron chi connectivity index (χ1n) is 9.54. The van der Waals surface area contributed by atoms with E-state index in [2.05, 4.69) is 36.3 Å². The van der Waals surface area contributed by atoms with Crippen LogP contribution in [0.15, 0.2) is 4.99 Å². The largest absolute Gasteiger partial charge is 0.357 e. The first-order chi connectivity index (χ1) is 10.8. The normalized spacial score (nSPS) is 16.9. The third-order valence-electron chi connectivity index (χ3n) is 4.42. The zero-order chi connectivity index (χ0) is 16.0. The van der Waals surface area contributed by atoms with E-state index in [1.807, 2.05) is 0 Å². The molecule has 1 rings (SSSR count). The highest BCUT2D eigenvalue weighted by Crippen LogP contribution is 2.17. The van der Waals surface area contributed by atoms with Crippen LogP contribution in [0.4, 0.5) is 0 Å². The summed E-state index contributed by atoms with van der Waals surface area (Å²) >= 11 is 0. The van der Waals surface area contributed by atoms with Gasteiger partial charge >= 0.3 is 0 Å². The van der Waals surface area contributed by atoms with Gasteiger partial charge in [0.15, 0.2) is 5.96 Å². The fourth-order valence-corrected chi connectivity index (χ4v) is 3.03. The second-order valence-corrected chi connectivity index (χ2v) is 6.49. The zero-order valence-corrected chi connectivity index (χ0v) is 17.9. The zero-order valence-electron chi connectivity index (χ0n) is 15.6. The van der Waals surface area contributed by atoms with Gasteiger partial charge in [0.1, 0.15) is 0 Å². The number of unbranched alkanes of at least 4 members (excludes halogenated alkanes) is 3. The number of nitrogens with one attached hydrogen (secondary N) is 2. The standard InChI is InChI=1S/C18H38N4.HI/c1-4-7-8-9-12-20-18(19-6-3)21-16-17-10-14-22(13-5-2)15-11-17;/h17H,4-16H2,1-3H3,(H2,19,20,21);1H. The van der Waals surface area contributed by atoms with Crippen LogP contribution in [0.5, 0.6) is 0 Å². The lowest BCUT2D eigenvalue weighted by atomic mass is 9.97. The van der Waals surface area contributed by atoms with Crippen molar-refractivity contribution in [2.24, 2.45) is 10.9 Å². The fraction of sp³-hybridized carbons (Fsp3) is 0.944. The van der Waals surface area contributed by atoms with Crippen LogP contribution in [-0.2, 0) is 0 Å². The molecule has 0 amide bonds. The van der Waals surface area contributed by atoms with E-state index in [-0.39, 0.29) is 24.0 Å². The molecule has 1 aliphatic heterocycles. The molecule has 23 heavy (non-hydrogen) atoms. The minimum absolute atomic E-state index is 0. The van der Waals surface area contributed by atoms with Gasteiger partial charge in [-0.3, -0.25) is 4.99 Å². The van der Waals surface area contributed by atoms with E-state index in [0.29, 0.717) is 0 Å². The summed E-state index contributed by atoms with van der Waals surface area (Å²) < 4.78 is 0. The molecule has 0 atom stereocenters. The quantitative estimate of drug-likeness (QED) is 0.236. The second kappa shape index (κ2) is 15.5. The van der Waals surface area contributed by atoms with E-state index in [9.17, 15) is 0 Å². The molecule has 1 heterocycles. The maximum absolute atomic E-state index is 4.80. The average Bonchev–Trinajstić information content (AvgIpc) is 2.54. The Morgan fingerprint density at radius 1 is 1.00 bits per heavy atom. The Morgan fingerprint density at radius 2 is 1.74 bits per heavy atom. The molecule has 1 saturated heterocycles. The van der Waals surface area contributed by atoms with Crippen molar-refractivity contribution in [2.75, 3.05) is 39.3 Å². The number of hydrogen-bond acceptors (Lipinski definition) is 2. The first kappa shape index (κ1) is 23.0. The molecule has 0 saturated carbocycles. The number of nitrogens with zero attached hydrogens (tertiary/aromatic N) is 2. The summed E-state index contributed by atoms with van der Waals surface area (Å²) in [5.41, 5.74) is 0. The predicted molar refractivity (Wildman–Crippen MR) is 113 cm³/mol. The molecule has 0 bridgehead atoms. The van der Waals surface area contributed by atoms with Crippen LogP contribution in [0.3, 0.4) is 0 Å². The number of piperidine rings is 1. The SMILES string of the molecule is CCCCCCNC(=NCC1CCN(CCC)CC1)NCC.I. The number of halogens is 1. The lowest BCUT2D eigenvalue weighted by Crippen LogP contribution is -2.39. The summed E-state index contributed by atoms with van der Waals surface area (Å²) in [5, 5.41) is 6.85. The van der Waals surface area contributed by atoms with E-state index >= 15 is 0 Å². The molecule has 0 aromatic carbocycles. The van der Waals surface area contributed by atoms with Crippen molar-refractivity contribution >= 4 is 29.9 Å². The highest BCUT2D eigenvalue weighted by Gasteiger charge is 2.18. The molecule has 0 unspecified atom stereocenters. The van der Waals surface area contributed by atoms with E-state index in [4.69, 9.17) is 4.99 Å². The molecule has 5 heteroatoms. The van der Waals surface area contributed by atoms with Crippen LogP contribution in [0.2, 0.25) is 0 Å². The van der Waals surface area contributed by atoms with Gasteiger partial charge in [0, 0.05) is 19.6 Å². The van der Waals surface area contributed by atoms with Gasteiger partial charge in [-0.05, 0) is 58.2 Å². The summed E-state index contributed by atoms with van der Waals surface area (Å²) in [7, 11) is 0. The van der Waals surface area contributed by atoms with Crippen LogP contribution in [0.1, 0.15) is 65.7 Å². The molecule has 0 radical (unpaired) electrons. The molecule has 0 aromatic rings. The van der Waals surface area contributed by atoms with Gasteiger partial charge in [-0.25, -0.2) is 0 Å². The first-order valence-corrected chi connectivity index (χ1v) is 9.54. The Labute approximate surface area is 161 Å². The fourth-order valence-electron chi connectivity index (χ4n) is 3.03. The number of hydrogen-bond donors (Lipinski definition) is 2. The van der Waals surface area contributed by atoms with E-state index < -0.39 is 0 Å². The predicted octanol–water partition coefficient (Wildman–Crippen LogP) is 3.86. The van der Waals surface area contributed by atoms with Gasteiger partial charge < -0.3 is 15.5 Å².